The number of aromatic nitrogens is 4. The maximum Gasteiger partial charge on any atom is 0.453 e. The van der Waals surface area contributed by atoms with Crippen LogP contribution in [-0.2, 0) is 12.7 Å². The van der Waals surface area contributed by atoms with E-state index in [1.807, 2.05) is 0 Å². The number of nitrogens with zero attached hydrogens (tertiary/aromatic N) is 4. The van der Waals surface area contributed by atoms with Crippen LogP contribution >= 0.6 is 11.6 Å². The minimum absolute atomic E-state index is 0.0730. The third kappa shape index (κ3) is 2.92. The fourth-order valence-electron chi connectivity index (χ4n) is 1.29. The monoisotopic (exact) mass is 295 g/mol. The van der Waals surface area contributed by atoms with Crippen LogP contribution in [0.25, 0.3) is 0 Å². The molecule has 0 aliphatic rings. The van der Waals surface area contributed by atoms with Crippen LogP contribution in [-0.4, -0.2) is 19.7 Å². The Bertz CT molecular complexity index is 609. The van der Waals surface area contributed by atoms with Gasteiger partial charge in [0.25, 0.3) is 5.82 Å². The van der Waals surface area contributed by atoms with Crippen LogP contribution in [0, 0.1) is 5.82 Å². The van der Waals surface area contributed by atoms with E-state index < -0.39 is 23.8 Å². The molecule has 2 aromatic heterocycles. The molecule has 0 radical (unpaired) electrons. The van der Waals surface area contributed by atoms with Gasteiger partial charge in [0, 0.05) is 6.20 Å². The van der Waals surface area contributed by atoms with Gasteiger partial charge < -0.3 is 5.73 Å². The smallest absolute Gasteiger partial charge is 0.368 e. The zero-order chi connectivity index (χ0) is 14.2. The molecule has 2 aromatic rings. The number of hydrogen-bond acceptors (Lipinski definition) is 4. The van der Waals surface area contributed by atoms with E-state index in [9.17, 15) is 17.6 Å². The van der Waals surface area contributed by atoms with Gasteiger partial charge >= 0.3 is 6.18 Å². The number of anilines is 1. The van der Waals surface area contributed by atoms with E-state index in [2.05, 4.69) is 15.1 Å². The van der Waals surface area contributed by atoms with E-state index in [-0.39, 0.29) is 17.3 Å². The van der Waals surface area contributed by atoms with Gasteiger partial charge in [-0.05, 0) is 6.07 Å². The Morgan fingerprint density at radius 2 is 2.05 bits per heavy atom. The number of nitrogens with two attached hydrogens (primary N) is 1. The first kappa shape index (κ1) is 13.5. The number of rotatable bonds is 2. The zero-order valence-electron chi connectivity index (χ0n) is 9.12. The fraction of sp³-hybridized carbons (Fsp3) is 0.222. The maximum absolute atomic E-state index is 13.4. The lowest BCUT2D eigenvalue weighted by atomic mass is 10.3. The number of hydrogen-bond donors (Lipinski definition) is 1. The molecule has 102 valence electrons. The normalized spacial score (nSPS) is 11.8. The van der Waals surface area contributed by atoms with Crippen molar-refractivity contribution in [3.63, 3.8) is 0 Å². The first-order valence-corrected chi connectivity index (χ1v) is 5.22. The Morgan fingerprint density at radius 3 is 2.58 bits per heavy atom. The fourth-order valence-corrected chi connectivity index (χ4v) is 1.44. The molecule has 0 saturated heterocycles. The van der Waals surface area contributed by atoms with Crippen molar-refractivity contribution in [3.8, 4) is 0 Å². The SMILES string of the molecule is Nc1nc(C(F)(F)F)nn1Cc1ncc(Cl)cc1F. The average molecular weight is 296 g/mol. The Balaban J connectivity index is 2.31. The van der Waals surface area contributed by atoms with E-state index >= 15 is 0 Å². The van der Waals surface area contributed by atoms with Gasteiger partial charge in [-0.2, -0.15) is 18.2 Å². The highest BCUT2D eigenvalue weighted by molar-refractivity contribution is 6.30. The predicted molar refractivity (Wildman–Crippen MR) is 57.7 cm³/mol. The molecular formula is C9H6ClF4N5. The van der Waals surface area contributed by atoms with Gasteiger partial charge in [0.15, 0.2) is 0 Å². The Hall–Kier alpha value is -1.90. The first-order chi connectivity index (χ1) is 8.77. The molecule has 0 bridgehead atoms. The Morgan fingerprint density at radius 1 is 1.37 bits per heavy atom. The molecule has 0 aromatic carbocycles. The number of nitrogen functional groups attached to an aromatic ring is 1. The summed E-state index contributed by atoms with van der Waals surface area (Å²) in [6.45, 7) is -0.377. The molecule has 0 amide bonds. The predicted octanol–water partition coefficient (Wildman–Crippen LogP) is 2.11. The van der Waals surface area contributed by atoms with Gasteiger partial charge in [-0.25, -0.2) is 9.07 Å². The van der Waals surface area contributed by atoms with Crippen molar-refractivity contribution in [1.82, 2.24) is 19.7 Å². The van der Waals surface area contributed by atoms with E-state index in [4.69, 9.17) is 17.3 Å². The highest BCUT2D eigenvalue weighted by Gasteiger charge is 2.36. The summed E-state index contributed by atoms with van der Waals surface area (Å²) in [5.74, 6) is -2.64. The van der Waals surface area contributed by atoms with Crippen LogP contribution in [0.15, 0.2) is 12.3 Å². The van der Waals surface area contributed by atoms with Gasteiger partial charge in [-0.1, -0.05) is 11.6 Å². The molecule has 0 atom stereocenters. The molecule has 0 saturated carbocycles. The molecular weight excluding hydrogens is 290 g/mol. The van der Waals surface area contributed by atoms with Crippen molar-refractivity contribution >= 4 is 17.5 Å². The molecule has 0 aliphatic heterocycles. The molecule has 0 fully saturated rings. The Kier molecular flexibility index (Phi) is 3.31. The van der Waals surface area contributed by atoms with Gasteiger partial charge in [0.1, 0.15) is 5.82 Å². The second kappa shape index (κ2) is 4.65. The quantitative estimate of drug-likeness (QED) is 0.862. The summed E-state index contributed by atoms with van der Waals surface area (Å²) >= 11 is 5.50. The molecule has 10 heteroatoms. The summed E-state index contributed by atoms with van der Waals surface area (Å²) in [5.41, 5.74) is 5.14. The lowest BCUT2D eigenvalue weighted by Gasteiger charge is -2.04. The van der Waals surface area contributed by atoms with Crippen molar-refractivity contribution in [2.24, 2.45) is 0 Å². The minimum atomic E-state index is -4.72. The molecule has 2 heterocycles. The van der Waals surface area contributed by atoms with E-state index in [0.717, 1.165) is 12.3 Å². The summed E-state index contributed by atoms with van der Waals surface area (Å²) in [7, 11) is 0. The molecule has 0 spiro atoms. The Labute approximate surface area is 109 Å². The van der Waals surface area contributed by atoms with E-state index in [1.165, 1.54) is 0 Å². The number of alkyl halides is 3. The second-order valence-electron chi connectivity index (χ2n) is 3.53. The first-order valence-electron chi connectivity index (χ1n) is 4.85. The van der Waals surface area contributed by atoms with E-state index in [1.54, 1.807) is 0 Å². The minimum Gasteiger partial charge on any atom is -0.368 e. The third-order valence-corrected chi connectivity index (χ3v) is 2.34. The third-order valence-electron chi connectivity index (χ3n) is 2.14. The summed E-state index contributed by atoms with van der Waals surface area (Å²) < 4.78 is 51.2. The van der Waals surface area contributed by atoms with Crippen molar-refractivity contribution < 1.29 is 17.6 Å². The zero-order valence-corrected chi connectivity index (χ0v) is 9.87. The largest absolute Gasteiger partial charge is 0.453 e. The summed E-state index contributed by atoms with van der Waals surface area (Å²) in [4.78, 5) is 6.71. The van der Waals surface area contributed by atoms with Crippen LogP contribution in [0.4, 0.5) is 23.5 Å². The molecule has 5 nitrogen and oxygen atoms in total. The van der Waals surface area contributed by atoms with Crippen molar-refractivity contribution in [3.05, 3.63) is 34.6 Å². The van der Waals surface area contributed by atoms with Crippen LogP contribution in [0.1, 0.15) is 11.5 Å². The average Bonchev–Trinajstić information content (AvgIpc) is 2.64. The summed E-state index contributed by atoms with van der Waals surface area (Å²) in [6.07, 6.45) is -3.55. The van der Waals surface area contributed by atoms with Crippen LogP contribution in [0.3, 0.4) is 0 Å². The molecule has 2 N–H and O–H groups in total. The van der Waals surface area contributed by atoms with Gasteiger partial charge in [-0.15, -0.1) is 5.10 Å². The van der Waals surface area contributed by atoms with Crippen molar-refractivity contribution in [2.45, 2.75) is 12.7 Å². The molecule has 0 aliphatic carbocycles. The van der Waals surface area contributed by atoms with Crippen LogP contribution in [0.5, 0.6) is 0 Å². The standard InChI is InChI=1S/C9H6ClF4N5/c10-4-1-5(11)6(16-2-4)3-19-8(15)17-7(18-19)9(12,13)14/h1-2H,3H2,(H2,15,17,18). The van der Waals surface area contributed by atoms with E-state index in [0.29, 0.717) is 4.68 Å². The van der Waals surface area contributed by atoms with Gasteiger partial charge in [0.2, 0.25) is 5.95 Å². The maximum atomic E-state index is 13.4. The topological polar surface area (TPSA) is 69.6 Å². The van der Waals surface area contributed by atoms with Gasteiger partial charge in [-0.3, -0.25) is 4.98 Å². The number of pyridine rings is 1. The lowest BCUT2D eigenvalue weighted by Crippen LogP contribution is -2.11. The van der Waals surface area contributed by atoms with Crippen molar-refractivity contribution in [1.29, 1.82) is 0 Å². The lowest BCUT2D eigenvalue weighted by molar-refractivity contribution is -0.144. The molecule has 19 heavy (non-hydrogen) atoms. The van der Waals surface area contributed by atoms with Gasteiger partial charge in [0.05, 0.1) is 17.3 Å². The summed E-state index contributed by atoms with van der Waals surface area (Å²) in [5, 5.41) is 3.23. The summed E-state index contributed by atoms with van der Waals surface area (Å²) in [6, 6.07) is 0.988. The van der Waals surface area contributed by atoms with Crippen LogP contribution in [0.2, 0.25) is 5.02 Å². The van der Waals surface area contributed by atoms with Crippen molar-refractivity contribution in [2.75, 3.05) is 5.73 Å². The highest BCUT2D eigenvalue weighted by atomic mass is 35.5. The van der Waals surface area contributed by atoms with Crippen LogP contribution < -0.4 is 5.73 Å². The highest BCUT2D eigenvalue weighted by Crippen LogP contribution is 2.27. The number of halogens is 5. The molecule has 2 rings (SSSR count). The molecule has 0 unspecified atom stereocenters. The second-order valence-corrected chi connectivity index (χ2v) is 3.97.